The summed E-state index contributed by atoms with van der Waals surface area (Å²) in [5.41, 5.74) is 3.73. The molecular weight excluding hydrogens is 338 g/mol. The molecule has 5 N–H and O–H groups in total. The number of primary amides is 1. The molecule has 0 saturated carbocycles. The lowest BCUT2D eigenvalue weighted by Gasteiger charge is -2.18. The Balaban J connectivity index is 2.13. The van der Waals surface area contributed by atoms with Gasteiger partial charge in [0.2, 0.25) is 5.91 Å². The summed E-state index contributed by atoms with van der Waals surface area (Å²) in [4.78, 5) is 39.4. The average Bonchev–Trinajstić information content (AvgIpc) is 3.13. The second-order valence-corrected chi connectivity index (χ2v) is 5.85. The number of aliphatic hydroxyl groups excluding tert-OH is 3. The topological polar surface area (TPSA) is 175 Å². The van der Waals surface area contributed by atoms with Gasteiger partial charge in [-0.1, -0.05) is 0 Å². The molecule has 3 rings (SSSR count). The van der Waals surface area contributed by atoms with Crippen LogP contribution in [0, 0.1) is 0 Å². The average molecular weight is 355 g/mol. The van der Waals surface area contributed by atoms with Crippen LogP contribution in [-0.4, -0.2) is 64.3 Å². The van der Waals surface area contributed by atoms with Crippen molar-refractivity contribution in [3.8, 4) is 0 Å². The van der Waals surface area contributed by atoms with Crippen LogP contribution >= 0.6 is 0 Å². The fourth-order valence-corrected chi connectivity index (χ4v) is 2.90. The minimum absolute atomic E-state index is 0.0462. The fraction of sp³-hybridized carbons (Fsp3) is 0.538. The molecule has 1 aliphatic rings. The Hall–Kier alpha value is -2.54. The molecular formula is C13H17N5O7. The van der Waals surface area contributed by atoms with E-state index in [1.165, 1.54) is 14.1 Å². The lowest BCUT2D eigenvalue weighted by molar-refractivity contribution is -0.140. The van der Waals surface area contributed by atoms with Crippen LogP contribution in [0.5, 0.6) is 0 Å². The number of hydrogen-bond donors (Lipinski definition) is 4. The van der Waals surface area contributed by atoms with Crippen LogP contribution in [0.3, 0.4) is 0 Å². The van der Waals surface area contributed by atoms with E-state index in [-0.39, 0.29) is 11.2 Å². The van der Waals surface area contributed by atoms with E-state index in [4.69, 9.17) is 10.5 Å². The van der Waals surface area contributed by atoms with E-state index in [2.05, 4.69) is 4.98 Å². The number of hydrogen-bond acceptors (Lipinski definition) is 8. The maximum atomic E-state index is 12.4. The summed E-state index contributed by atoms with van der Waals surface area (Å²) in [5.74, 6) is -1.13. The summed E-state index contributed by atoms with van der Waals surface area (Å²) >= 11 is 0. The predicted molar refractivity (Wildman–Crippen MR) is 81.3 cm³/mol. The zero-order valence-electron chi connectivity index (χ0n) is 13.3. The van der Waals surface area contributed by atoms with Gasteiger partial charge in [-0.15, -0.1) is 0 Å². The van der Waals surface area contributed by atoms with Crippen molar-refractivity contribution in [2.24, 2.45) is 19.8 Å². The van der Waals surface area contributed by atoms with E-state index in [0.717, 1.165) is 20.0 Å². The first-order valence-electron chi connectivity index (χ1n) is 7.28. The third-order valence-corrected chi connectivity index (χ3v) is 4.33. The van der Waals surface area contributed by atoms with Gasteiger partial charge in [-0.3, -0.25) is 23.3 Å². The molecule has 2 aromatic heterocycles. The Bertz CT molecular complexity index is 960. The van der Waals surface area contributed by atoms with Gasteiger partial charge < -0.3 is 25.8 Å². The van der Waals surface area contributed by atoms with Gasteiger partial charge in [0.05, 0.1) is 6.33 Å². The van der Waals surface area contributed by atoms with E-state index in [0.29, 0.717) is 0 Å². The van der Waals surface area contributed by atoms with Gasteiger partial charge >= 0.3 is 5.69 Å². The van der Waals surface area contributed by atoms with Crippen LogP contribution in [0.25, 0.3) is 11.2 Å². The van der Waals surface area contributed by atoms with Crippen LogP contribution in [0.1, 0.15) is 6.23 Å². The van der Waals surface area contributed by atoms with Crippen LogP contribution in [0.15, 0.2) is 15.9 Å². The maximum absolute atomic E-state index is 12.4. The summed E-state index contributed by atoms with van der Waals surface area (Å²) in [6.07, 6.45) is -6.68. The number of carbonyl (C=O) groups excluding carboxylic acids is 1. The quantitative estimate of drug-likeness (QED) is 0.429. The van der Waals surface area contributed by atoms with Gasteiger partial charge in [-0.2, -0.15) is 0 Å². The highest BCUT2D eigenvalue weighted by Gasteiger charge is 2.48. The van der Waals surface area contributed by atoms with Gasteiger partial charge in [0.1, 0.15) is 18.3 Å². The van der Waals surface area contributed by atoms with Crippen LogP contribution in [-0.2, 0) is 23.6 Å². The van der Waals surface area contributed by atoms with Crippen LogP contribution < -0.4 is 17.0 Å². The van der Waals surface area contributed by atoms with Crippen LogP contribution in [0.4, 0.5) is 0 Å². The molecule has 1 aliphatic heterocycles. The third kappa shape index (κ3) is 2.38. The van der Waals surface area contributed by atoms with Gasteiger partial charge in [-0.25, -0.2) is 9.78 Å². The van der Waals surface area contributed by atoms with Crippen molar-refractivity contribution in [3.63, 3.8) is 0 Å². The Morgan fingerprint density at radius 1 is 1.28 bits per heavy atom. The van der Waals surface area contributed by atoms with E-state index in [9.17, 15) is 29.7 Å². The molecule has 0 spiro atoms. The van der Waals surface area contributed by atoms with Crippen LogP contribution in [0.2, 0.25) is 0 Å². The molecule has 1 saturated heterocycles. The molecule has 5 atom stereocenters. The number of nitrogens with two attached hydrogens (primary N) is 1. The predicted octanol–water partition coefficient (Wildman–Crippen LogP) is -4.10. The number of nitrogens with zero attached hydrogens (tertiary/aromatic N) is 4. The Morgan fingerprint density at radius 2 is 1.92 bits per heavy atom. The van der Waals surface area contributed by atoms with Crippen molar-refractivity contribution < 1.29 is 24.9 Å². The highest BCUT2D eigenvalue weighted by Crippen LogP contribution is 2.32. The molecule has 136 valence electrons. The molecule has 3 heterocycles. The van der Waals surface area contributed by atoms with Crippen molar-refractivity contribution in [2.45, 2.75) is 30.6 Å². The minimum Gasteiger partial charge on any atom is -0.387 e. The van der Waals surface area contributed by atoms with Gasteiger partial charge in [0.25, 0.3) is 5.56 Å². The van der Waals surface area contributed by atoms with Crippen molar-refractivity contribution in [3.05, 3.63) is 27.2 Å². The zero-order chi connectivity index (χ0) is 18.6. The molecule has 2 aromatic rings. The first-order chi connectivity index (χ1) is 11.7. The highest BCUT2D eigenvalue weighted by atomic mass is 16.6. The molecule has 12 nitrogen and oxygen atoms in total. The second-order valence-electron chi connectivity index (χ2n) is 5.85. The summed E-state index contributed by atoms with van der Waals surface area (Å²) < 4.78 is 8.50. The molecule has 0 radical (unpaired) electrons. The Labute approximate surface area is 139 Å². The fourth-order valence-electron chi connectivity index (χ4n) is 2.90. The standard InChI is InChI=1S/C13H17N5O7/c1-16-10-4(11(23)17(2)13(16)24)18(3-15-10)12-6(20)5(19)8(25-12)7(21)9(14)22/h3,5-8,12,19-21H,1-2H3,(H2,14,22)/t5-,6+,7-,8+,12+/m0/s1. The number of aliphatic hydroxyl groups is 3. The number of imidazole rings is 1. The molecule has 1 amide bonds. The number of rotatable bonds is 3. The second kappa shape index (κ2) is 5.77. The molecule has 0 bridgehead atoms. The summed E-state index contributed by atoms with van der Waals surface area (Å²) in [7, 11) is 2.70. The summed E-state index contributed by atoms with van der Waals surface area (Å²) in [5, 5.41) is 30.0. The summed E-state index contributed by atoms with van der Waals surface area (Å²) in [6.45, 7) is 0. The highest BCUT2D eigenvalue weighted by molar-refractivity contribution is 5.79. The monoisotopic (exact) mass is 355 g/mol. The Kier molecular flexibility index (Phi) is 3.99. The van der Waals surface area contributed by atoms with Gasteiger partial charge in [0.15, 0.2) is 23.5 Å². The largest absolute Gasteiger partial charge is 0.387 e. The normalized spacial score (nSPS) is 27.7. The third-order valence-electron chi connectivity index (χ3n) is 4.33. The number of aryl methyl sites for hydroxylation is 1. The molecule has 1 fully saturated rings. The lowest BCUT2D eigenvalue weighted by Crippen LogP contribution is -2.45. The first kappa shape index (κ1) is 17.3. The number of aromatic nitrogens is 4. The van der Waals surface area contributed by atoms with Crippen molar-refractivity contribution >= 4 is 17.1 Å². The lowest BCUT2D eigenvalue weighted by atomic mass is 10.1. The number of carbonyl (C=O) groups is 1. The Morgan fingerprint density at radius 3 is 2.52 bits per heavy atom. The molecule has 0 unspecified atom stereocenters. The molecule has 12 heteroatoms. The smallest absolute Gasteiger partial charge is 0.332 e. The maximum Gasteiger partial charge on any atom is 0.332 e. The van der Waals surface area contributed by atoms with Crippen molar-refractivity contribution in [2.75, 3.05) is 0 Å². The molecule has 0 aromatic carbocycles. The minimum atomic E-state index is -1.85. The van der Waals surface area contributed by atoms with E-state index in [1.54, 1.807) is 0 Å². The van der Waals surface area contributed by atoms with E-state index < -0.39 is 47.8 Å². The summed E-state index contributed by atoms with van der Waals surface area (Å²) in [6, 6.07) is 0. The molecule has 25 heavy (non-hydrogen) atoms. The van der Waals surface area contributed by atoms with Gasteiger partial charge in [-0.05, 0) is 0 Å². The SMILES string of the molecule is Cn1c(=O)c2c(ncn2[C@@H]2O[C@@H]([C@H](O)C(N)=O)[C@@H](O)[C@H]2O)n(C)c1=O. The van der Waals surface area contributed by atoms with Gasteiger partial charge in [0, 0.05) is 14.1 Å². The first-order valence-corrected chi connectivity index (χ1v) is 7.28. The number of amides is 1. The van der Waals surface area contributed by atoms with Crippen molar-refractivity contribution in [1.82, 2.24) is 18.7 Å². The molecule has 0 aliphatic carbocycles. The zero-order valence-corrected chi connectivity index (χ0v) is 13.3. The van der Waals surface area contributed by atoms with E-state index >= 15 is 0 Å². The number of fused-ring (bicyclic) bond motifs is 1. The van der Waals surface area contributed by atoms with Crippen molar-refractivity contribution in [1.29, 1.82) is 0 Å². The van der Waals surface area contributed by atoms with E-state index in [1.807, 2.05) is 0 Å². The number of ether oxygens (including phenoxy) is 1.